The summed E-state index contributed by atoms with van der Waals surface area (Å²) in [4.78, 5) is 11.9. The third-order valence-corrected chi connectivity index (χ3v) is 3.54. The fourth-order valence-electron chi connectivity index (χ4n) is 2.31. The van der Waals surface area contributed by atoms with Crippen molar-refractivity contribution < 1.29 is 18.3 Å². The van der Waals surface area contributed by atoms with Gasteiger partial charge in [-0.1, -0.05) is 13.0 Å². The molecule has 0 radical (unpaired) electrons. The molecule has 0 aliphatic carbocycles. The van der Waals surface area contributed by atoms with Gasteiger partial charge in [-0.05, 0) is 24.1 Å². The van der Waals surface area contributed by atoms with E-state index in [2.05, 4.69) is 5.32 Å². The number of hydrogen-bond acceptors (Lipinski definition) is 3. The second-order valence-electron chi connectivity index (χ2n) is 5.13. The molecule has 1 aliphatic rings. The largest absolute Gasteiger partial charge is 0.371 e. The molecule has 1 amide bonds. The zero-order chi connectivity index (χ0) is 15.4. The molecule has 0 spiro atoms. The number of ether oxygens (including phenoxy) is 1. The van der Waals surface area contributed by atoms with E-state index in [1.54, 1.807) is 6.92 Å². The molecule has 0 aromatic heterocycles. The predicted octanol–water partition coefficient (Wildman–Crippen LogP) is 2.46. The lowest BCUT2D eigenvalue weighted by Crippen LogP contribution is -2.39. The van der Waals surface area contributed by atoms with Crippen molar-refractivity contribution in [3.63, 3.8) is 0 Å². The molecule has 0 bridgehead atoms. The third kappa shape index (κ3) is 3.56. The van der Waals surface area contributed by atoms with Crippen molar-refractivity contribution in [1.82, 2.24) is 5.32 Å². The Morgan fingerprint density at radius 3 is 2.95 bits per heavy atom. The van der Waals surface area contributed by atoms with Gasteiger partial charge in [0, 0.05) is 18.9 Å². The van der Waals surface area contributed by atoms with Crippen molar-refractivity contribution in [2.24, 2.45) is 5.92 Å². The summed E-state index contributed by atoms with van der Waals surface area (Å²) in [7, 11) is 0. The summed E-state index contributed by atoms with van der Waals surface area (Å²) in [6.45, 7) is 2.10. The highest BCUT2D eigenvalue weighted by Gasteiger charge is 2.32. The predicted molar refractivity (Wildman–Crippen MR) is 71.0 cm³/mol. The van der Waals surface area contributed by atoms with Crippen LogP contribution in [0.1, 0.15) is 31.4 Å². The standard InChI is InChI=1S/C15H16F2N2O2/c1-9(4-6-18)15(20)19-13-5-7-21-14(13)10-2-3-11(16)12(17)8-10/h2-3,8-9,13-14H,4-5,7H2,1H3,(H,19,20)/t9?,13-,14+/m1/s1. The van der Waals surface area contributed by atoms with Crippen LogP contribution in [-0.2, 0) is 9.53 Å². The first-order valence-corrected chi connectivity index (χ1v) is 6.76. The van der Waals surface area contributed by atoms with E-state index >= 15 is 0 Å². The Kier molecular flexibility index (Phi) is 4.86. The topological polar surface area (TPSA) is 62.1 Å². The molecule has 1 N–H and O–H groups in total. The van der Waals surface area contributed by atoms with Gasteiger partial charge in [0.2, 0.25) is 5.91 Å². The van der Waals surface area contributed by atoms with E-state index < -0.39 is 23.7 Å². The molecule has 1 unspecified atom stereocenters. The van der Waals surface area contributed by atoms with Crippen LogP contribution in [0, 0.1) is 28.9 Å². The molecule has 1 fully saturated rings. The zero-order valence-corrected chi connectivity index (χ0v) is 11.6. The average Bonchev–Trinajstić information content (AvgIpc) is 2.90. The number of halogens is 2. The SMILES string of the molecule is CC(CC#N)C(=O)N[C@@H]1CCO[C@H]1c1ccc(F)c(F)c1. The van der Waals surface area contributed by atoms with Crippen LogP contribution in [0.25, 0.3) is 0 Å². The van der Waals surface area contributed by atoms with Gasteiger partial charge in [-0.2, -0.15) is 5.26 Å². The van der Waals surface area contributed by atoms with E-state index in [1.165, 1.54) is 6.07 Å². The molecule has 3 atom stereocenters. The lowest BCUT2D eigenvalue weighted by Gasteiger charge is -2.21. The maximum Gasteiger partial charge on any atom is 0.224 e. The molecule has 1 aromatic carbocycles. The maximum atomic E-state index is 13.3. The minimum atomic E-state index is -0.939. The van der Waals surface area contributed by atoms with E-state index in [0.29, 0.717) is 18.6 Å². The Labute approximate surface area is 121 Å². The molecule has 1 aliphatic heterocycles. The van der Waals surface area contributed by atoms with Gasteiger partial charge >= 0.3 is 0 Å². The number of carbonyl (C=O) groups excluding carboxylic acids is 1. The molecular formula is C15H16F2N2O2. The molecular weight excluding hydrogens is 278 g/mol. The van der Waals surface area contributed by atoms with Gasteiger partial charge in [0.15, 0.2) is 11.6 Å². The quantitative estimate of drug-likeness (QED) is 0.928. The number of rotatable bonds is 4. The first-order valence-electron chi connectivity index (χ1n) is 6.76. The Hall–Kier alpha value is -2.00. The number of carbonyl (C=O) groups is 1. The summed E-state index contributed by atoms with van der Waals surface area (Å²) < 4.78 is 31.8. The highest BCUT2D eigenvalue weighted by molar-refractivity contribution is 5.78. The number of nitrogens with one attached hydrogen (secondary N) is 1. The van der Waals surface area contributed by atoms with E-state index in [1.807, 2.05) is 6.07 Å². The number of amides is 1. The van der Waals surface area contributed by atoms with E-state index in [0.717, 1.165) is 12.1 Å². The van der Waals surface area contributed by atoms with Gasteiger partial charge in [-0.15, -0.1) is 0 Å². The number of benzene rings is 1. The lowest BCUT2D eigenvalue weighted by atomic mass is 10.0. The second kappa shape index (κ2) is 6.64. The van der Waals surface area contributed by atoms with Crippen molar-refractivity contribution in [2.75, 3.05) is 6.61 Å². The Morgan fingerprint density at radius 2 is 2.29 bits per heavy atom. The number of hydrogen-bond donors (Lipinski definition) is 1. The van der Waals surface area contributed by atoms with Crippen molar-refractivity contribution in [2.45, 2.75) is 31.9 Å². The highest BCUT2D eigenvalue weighted by atomic mass is 19.2. The van der Waals surface area contributed by atoms with E-state index in [-0.39, 0.29) is 18.4 Å². The van der Waals surface area contributed by atoms with E-state index in [9.17, 15) is 13.6 Å². The van der Waals surface area contributed by atoms with Crippen LogP contribution in [0.5, 0.6) is 0 Å². The van der Waals surface area contributed by atoms with Crippen molar-refractivity contribution in [3.8, 4) is 6.07 Å². The Bertz CT molecular complexity index is 571. The van der Waals surface area contributed by atoms with Gasteiger partial charge in [0.1, 0.15) is 6.10 Å². The van der Waals surface area contributed by atoms with Gasteiger partial charge in [0.25, 0.3) is 0 Å². The fraction of sp³-hybridized carbons (Fsp3) is 0.467. The smallest absolute Gasteiger partial charge is 0.224 e. The maximum absolute atomic E-state index is 13.3. The lowest BCUT2D eigenvalue weighted by molar-refractivity contribution is -0.125. The minimum Gasteiger partial charge on any atom is -0.371 e. The van der Waals surface area contributed by atoms with Crippen LogP contribution >= 0.6 is 0 Å². The monoisotopic (exact) mass is 294 g/mol. The molecule has 6 heteroatoms. The summed E-state index contributed by atoms with van der Waals surface area (Å²) in [5.74, 6) is -2.51. The second-order valence-corrected chi connectivity index (χ2v) is 5.13. The summed E-state index contributed by atoms with van der Waals surface area (Å²) in [5, 5.41) is 11.4. The highest BCUT2D eigenvalue weighted by Crippen LogP contribution is 2.30. The molecule has 1 aromatic rings. The van der Waals surface area contributed by atoms with Crippen LogP contribution in [-0.4, -0.2) is 18.6 Å². The van der Waals surface area contributed by atoms with Crippen LogP contribution in [0.2, 0.25) is 0 Å². The van der Waals surface area contributed by atoms with Gasteiger partial charge in [-0.3, -0.25) is 4.79 Å². The normalized spacial score (nSPS) is 22.6. The van der Waals surface area contributed by atoms with Gasteiger partial charge < -0.3 is 10.1 Å². The molecule has 21 heavy (non-hydrogen) atoms. The number of nitriles is 1. The fourth-order valence-corrected chi connectivity index (χ4v) is 2.31. The first-order chi connectivity index (χ1) is 10.0. The molecule has 4 nitrogen and oxygen atoms in total. The summed E-state index contributed by atoms with van der Waals surface area (Å²) in [6.07, 6.45) is 0.225. The van der Waals surface area contributed by atoms with Crippen molar-refractivity contribution in [3.05, 3.63) is 35.4 Å². The summed E-state index contributed by atoms with van der Waals surface area (Å²) >= 11 is 0. The van der Waals surface area contributed by atoms with Crippen LogP contribution in [0.4, 0.5) is 8.78 Å². The third-order valence-electron chi connectivity index (χ3n) is 3.54. The Morgan fingerprint density at radius 1 is 1.52 bits per heavy atom. The molecule has 0 saturated carbocycles. The Balaban J connectivity index is 2.08. The van der Waals surface area contributed by atoms with Crippen LogP contribution < -0.4 is 5.32 Å². The summed E-state index contributed by atoms with van der Waals surface area (Å²) in [6, 6.07) is 5.23. The van der Waals surface area contributed by atoms with Gasteiger partial charge in [0.05, 0.1) is 12.1 Å². The first kappa shape index (κ1) is 15.4. The zero-order valence-electron chi connectivity index (χ0n) is 11.6. The van der Waals surface area contributed by atoms with Crippen molar-refractivity contribution >= 4 is 5.91 Å². The van der Waals surface area contributed by atoms with Gasteiger partial charge in [-0.25, -0.2) is 8.78 Å². The van der Waals surface area contributed by atoms with Crippen LogP contribution in [0.3, 0.4) is 0 Å². The number of nitrogens with zero attached hydrogens (tertiary/aromatic N) is 1. The van der Waals surface area contributed by atoms with E-state index in [4.69, 9.17) is 10.00 Å². The van der Waals surface area contributed by atoms with Crippen LogP contribution in [0.15, 0.2) is 18.2 Å². The molecule has 1 saturated heterocycles. The molecule has 2 rings (SSSR count). The average molecular weight is 294 g/mol. The molecule has 112 valence electrons. The van der Waals surface area contributed by atoms with Crippen molar-refractivity contribution in [1.29, 1.82) is 5.26 Å². The summed E-state index contributed by atoms with van der Waals surface area (Å²) in [5.41, 5.74) is 0.490. The minimum absolute atomic E-state index is 0.134. The molecule has 1 heterocycles.